The van der Waals surface area contributed by atoms with Gasteiger partial charge in [-0.1, -0.05) is 28.1 Å². The minimum atomic E-state index is -0.373. The molecular weight excluding hydrogens is 264 g/mol. The van der Waals surface area contributed by atoms with Crippen LogP contribution >= 0.6 is 28.6 Å². The SMILES string of the molecule is CC(S)C(=O)OCc1cccc(Br)c1. The van der Waals surface area contributed by atoms with Gasteiger partial charge < -0.3 is 4.74 Å². The van der Waals surface area contributed by atoms with Crippen molar-refractivity contribution in [1.29, 1.82) is 0 Å². The number of hydrogen-bond acceptors (Lipinski definition) is 3. The van der Waals surface area contributed by atoms with Crippen molar-refractivity contribution in [2.45, 2.75) is 18.8 Å². The molecule has 0 N–H and O–H groups in total. The molecule has 0 saturated heterocycles. The number of halogens is 1. The lowest BCUT2D eigenvalue weighted by atomic mass is 10.2. The highest BCUT2D eigenvalue weighted by Gasteiger charge is 2.08. The molecule has 0 heterocycles. The smallest absolute Gasteiger partial charge is 0.318 e. The average Bonchev–Trinajstić information content (AvgIpc) is 2.14. The fourth-order valence-corrected chi connectivity index (χ4v) is 1.42. The zero-order valence-electron chi connectivity index (χ0n) is 7.74. The van der Waals surface area contributed by atoms with E-state index in [1.165, 1.54) is 0 Å². The van der Waals surface area contributed by atoms with Crippen LogP contribution in [0.5, 0.6) is 0 Å². The summed E-state index contributed by atoms with van der Waals surface area (Å²) in [4.78, 5) is 11.1. The Morgan fingerprint density at radius 1 is 1.64 bits per heavy atom. The summed E-state index contributed by atoms with van der Waals surface area (Å²) in [5.74, 6) is -0.298. The maximum atomic E-state index is 11.1. The Bertz CT molecular complexity index is 326. The maximum Gasteiger partial charge on any atom is 0.318 e. The first-order valence-electron chi connectivity index (χ1n) is 4.19. The summed E-state index contributed by atoms with van der Waals surface area (Å²) in [6.45, 7) is 1.98. The fourth-order valence-electron chi connectivity index (χ4n) is 0.902. The van der Waals surface area contributed by atoms with E-state index < -0.39 is 0 Å². The Balaban J connectivity index is 2.50. The molecule has 1 rings (SSSR count). The number of esters is 1. The number of thiol groups is 1. The van der Waals surface area contributed by atoms with Crippen LogP contribution in [0.2, 0.25) is 0 Å². The Morgan fingerprint density at radius 2 is 2.36 bits per heavy atom. The van der Waals surface area contributed by atoms with Gasteiger partial charge in [0.25, 0.3) is 0 Å². The molecule has 4 heteroatoms. The van der Waals surface area contributed by atoms with Gasteiger partial charge in [0.05, 0.1) is 5.25 Å². The van der Waals surface area contributed by atoms with E-state index in [9.17, 15) is 4.79 Å². The van der Waals surface area contributed by atoms with Gasteiger partial charge in [0.2, 0.25) is 0 Å². The third kappa shape index (κ3) is 3.72. The first-order chi connectivity index (χ1) is 6.59. The van der Waals surface area contributed by atoms with Gasteiger partial charge >= 0.3 is 5.97 Å². The van der Waals surface area contributed by atoms with E-state index in [2.05, 4.69) is 28.6 Å². The van der Waals surface area contributed by atoms with Gasteiger partial charge in [-0.05, 0) is 24.6 Å². The molecule has 1 aromatic rings. The minimum Gasteiger partial charge on any atom is -0.460 e. The van der Waals surface area contributed by atoms with Crippen LogP contribution < -0.4 is 0 Å². The van der Waals surface area contributed by atoms with E-state index in [1.54, 1.807) is 6.92 Å². The second kappa shape index (κ2) is 5.41. The van der Waals surface area contributed by atoms with Crippen molar-refractivity contribution in [3.8, 4) is 0 Å². The molecule has 2 nitrogen and oxygen atoms in total. The van der Waals surface area contributed by atoms with E-state index in [4.69, 9.17) is 4.74 Å². The fraction of sp³-hybridized carbons (Fsp3) is 0.300. The van der Waals surface area contributed by atoms with Crippen molar-refractivity contribution >= 4 is 34.5 Å². The predicted molar refractivity (Wildman–Crippen MR) is 62.4 cm³/mol. The topological polar surface area (TPSA) is 26.3 Å². The molecule has 0 aliphatic heterocycles. The largest absolute Gasteiger partial charge is 0.460 e. The second-order valence-electron chi connectivity index (χ2n) is 2.91. The van der Waals surface area contributed by atoms with Gasteiger partial charge in [-0.25, -0.2) is 0 Å². The molecule has 14 heavy (non-hydrogen) atoms. The quantitative estimate of drug-likeness (QED) is 0.678. The normalized spacial score (nSPS) is 12.2. The second-order valence-corrected chi connectivity index (χ2v) is 4.60. The molecule has 1 aromatic carbocycles. The monoisotopic (exact) mass is 274 g/mol. The number of ether oxygens (including phenoxy) is 1. The van der Waals surface area contributed by atoms with Crippen molar-refractivity contribution in [3.05, 3.63) is 34.3 Å². The van der Waals surface area contributed by atoms with Crippen LogP contribution in [0, 0.1) is 0 Å². The summed E-state index contributed by atoms with van der Waals surface area (Å²) >= 11 is 7.32. The zero-order valence-corrected chi connectivity index (χ0v) is 10.2. The molecule has 1 unspecified atom stereocenters. The third-order valence-corrected chi connectivity index (χ3v) is 2.32. The molecule has 0 saturated carbocycles. The number of rotatable bonds is 3. The van der Waals surface area contributed by atoms with Gasteiger partial charge in [-0.15, -0.1) is 0 Å². The highest BCUT2D eigenvalue weighted by molar-refractivity contribution is 9.10. The van der Waals surface area contributed by atoms with Gasteiger partial charge in [0.1, 0.15) is 6.61 Å². The van der Waals surface area contributed by atoms with Crippen molar-refractivity contribution in [2.24, 2.45) is 0 Å². The van der Waals surface area contributed by atoms with Crippen LogP contribution in [0.3, 0.4) is 0 Å². The van der Waals surface area contributed by atoms with Gasteiger partial charge in [-0.2, -0.15) is 12.6 Å². The first-order valence-corrected chi connectivity index (χ1v) is 5.49. The van der Waals surface area contributed by atoms with E-state index in [0.717, 1.165) is 10.0 Å². The predicted octanol–water partition coefficient (Wildman–Crippen LogP) is 2.81. The average molecular weight is 275 g/mol. The molecule has 0 bridgehead atoms. The summed E-state index contributed by atoms with van der Waals surface area (Å²) < 4.78 is 5.99. The van der Waals surface area contributed by atoms with E-state index in [-0.39, 0.29) is 11.2 Å². The molecule has 0 aliphatic rings. The summed E-state index contributed by atoms with van der Waals surface area (Å²) in [6.07, 6.45) is 0. The van der Waals surface area contributed by atoms with Gasteiger partial charge in [0, 0.05) is 4.47 Å². The highest BCUT2D eigenvalue weighted by atomic mass is 79.9. The summed E-state index contributed by atoms with van der Waals surface area (Å²) in [7, 11) is 0. The molecule has 0 aromatic heterocycles. The van der Waals surface area contributed by atoms with Crippen molar-refractivity contribution < 1.29 is 9.53 Å². The highest BCUT2D eigenvalue weighted by Crippen LogP contribution is 2.12. The standard InChI is InChI=1S/C10H11BrO2S/c1-7(14)10(12)13-6-8-3-2-4-9(11)5-8/h2-5,7,14H,6H2,1H3. The Morgan fingerprint density at radius 3 is 2.93 bits per heavy atom. The van der Waals surface area contributed by atoms with Gasteiger partial charge in [-0.3, -0.25) is 4.79 Å². The lowest BCUT2D eigenvalue weighted by molar-refractivity contribution is -0.143. The van der Waals surface area contributed by atoms with Crippen molar-refractivity contribution in [3.63, 3.8) is 0 Å². The first kappa shape index (κ1) is 11.6. The molecule has 0 spiro atoms. The number of carbonyl (C=O) groups excluding carboxylic acids is 1. The molecular formula is C10H11BrO2S. The van der Waals surface area contributed by atoms with Crippen LogP contribution in [0.4, 0.5) is 0 Å². The van der Waals surface area contributed by atoms with E-state index in [0.29, 0.717) is 6.61 Å². The van der Waals surface area contributed by atoms with E-state index >= 15 is 0 Å². The van der Waals surface area contributed by atoms with Crippen LogP contribution in [0.1, 0.15) is 12.5 Å². The number of hydrogen-bond donors (Lipinski definition) is 1. The van der Waals surface area contributed by atoms with Crippen molar-refractivity contribution in [2.75, 3.05) is 0 Å². The third-order valence-electron chi connectivity index (χ3n) is 1.61. The molecule has 0 aliphatic carbocycles. The number of benzene rings is 1. The molecule has 0 amide bonds. The Hall–Kier alpha value is -0.480. The molecule has 0 radical (unpaired) electrons. The summed E-state index contributed by atoms with van der Waals surface area (Å²) in [5, 5.41) is -0.373. The van der Waals surface area contributed by atoms with E-state index in [1.807, 2.05) is 24.3 Å². The summed E-state index contributed by atoms with van der Waals surface area (Å²) in [5.41, 5.74) is 0.960. The van der Waals surface area contributed by atoms with Crippen LogP contribution in [0.25, 0.3) is 0 Å². The van der Waals surface area contributed by atoms with Crippen LogP contribution in [-0.2, 0) is 16.1 Å². The van der Waals surface area contributed by atoms with Gasteiger partial charge in [0.15, 0.2) is 0 Å². The Labute approximate surface area is 97.2 Å². The lowest BCUT2D eigenvalue weighted by Crippen LogP contribution is -2.14. The molecule has 1 atom stereocenters. The molecule has 0 fully saturated rings. The number of carbonyl (C=O) groups is 1. The van der Waals surface area contributed by atoms with Crippen molar-refractivity contribution in [1.82, 2.24) is 0 Å². The Kier molecular flexibility index (Phi) is 4.48. The van der Waals surface area contributed by atoms with Crippen LogP contribution in [0.15, 0.2) is 28.7 Å². The van der Waals surface area contributed by atoms with Crippen LogP contribution in [-0.4, -0.2) is 11.2 Å². The lowest BCUT2D eigenvalue weighted by Gasteiger charge is -2.06. The molecule has 76 valence electrons. The minimum absolute atomic E-state index is 0.295. The maximum absolute atomic E-state index is 11.1. The zero-order chi connectivity index (χ0) is 10.6. The summed E-state index contributed by atoms with van der Waals surface area (Å²) in [6, 6.07) is 7.64.